The maximum atomic E-state index is 0. The second kappa shape index (κ2) is 26.3. The minimum atomic E-state index is 0. The number of rotatable bonds is 0. The molecule has 4 heteroatoms. The van der Waals surface area contributed by atoms with Crippen LogP contribution in [-0.4, -0.2) is 18.9 Å². The van der Waals surface area contributed by atoms with Crippen molar-refractivity contribution in [2.24, 2.45) is 0 Å². The molecule has 0 aromatic heterocycles. The van der Waals surface area contributed by atoms with E-state index in [9.17, 15) is 0 Å². The van der Waals surface area contributed by atoms with Crippen LogP contribution in [0.1, 0.15) is 0 Å². The number of halogens is 2. The monoisotopic (exact) mass is 160 g/mol. The molecule has 0 N–H and O–H groups in total. The summed E-state index contributed by atoms with van der Waals surface area (Å²) in [5.41, 5.74) is 0. The van der Waals surface area contributed by atoms with E-state index >= 15 is 0 Å². The number of hydrogen-bond donors (Lipinski definition) is 0. The van der Waals surface area contributed by atoms with Gasteiger partial charge in [-0.15, -0.1) is 0 Å². The van der Waals surface area contributed by atoms with Crippen molar-refractivity contribution in [1.82, 2.24) is 0 Å². The van der Waals surface area contributed by atoms with Gasteiger partial charge in [-0.1, -0.05) is 0 Å². The molecule has 0 rings (SSSR count). The maximum absolute atomic E-state index is 0. The zero-order chi connectivity index (χ0) is 0. The van der Waals surface area contributed by atoms with Crippen molar-refractivity contribution in [2.75, 3.05) is 0 Å². The fourth-order valence-corrected chi connectivity index (χ4v) is 0. The van der Waals surface area contributed by atoms with Gasteiger partial charge in [-0.25, -0.2) is 0 Å². The summed E-state index contributed by atoms with van der Waals surface area (Å²) in [7, 11) is 0. The summed E-state index contributed by atoms with van der Waals surface area (Å²) < 4.78 is 0. The van der Waals surface area contributed by atoms with E-state index in [1.165, 1.54) is 0 Å². The van der Waals surface area contributed by atoms with E-state index in [-0.39, 0.29) is 55.6 Å². The van der Waals surface area contributed by atoms with Crippen LogP contribution >= 0.6 is 0 Å². The van der Waals surface area contributed by atoms with Crippen LogP contribution in [0, 0.1) is 0 Å². The van der Waals surface area contributed by atoms with E-state index < -0.39 is 0 Å². The van der Waals surface area contributed by atoms with Crippen molar-refractivity contribution in [1.29, 1.82) is 0 Å². The average molecular weight is 158 g/mol. The summed E-state index contributed by atoms with van der Waals surface area (Å²) in [5.74, 6) is 0. The van der Waals surface area contributed by atoms with Gasteiger partial charge in [0, 0.05) is 0 Å². The van der Waals surface area contributed by atoms with E-state index in [0.29, 0.717) is 0 Å². The zero-order valence-corrected chi connectivity index (χ0v) is 5.50. The first-order valence-corrected chi connectivity index (χ1v) is 0. The SMILES string of the molecule is [Cd+2].[F-].[F-].[LiH]. The van der Waals surface area contributed by atoms with Crippen molar-refractivity contribution >= 4 is 18.9 Å². The summed E-state index contributed by atoms with van der Waals surface area (Å²) >= 11 is 0. The van der Waals surface area contributed by atoms with Gasteiger partial charge in [-0.05, 0) is 0 Å². The molecule has 0 aliphatic heterocycles. The van der Waals surface area contributed by atoms with Crippen LogP contribution < -0.4 is 9.41 Å². The number of hydrogen-bond acceptors (Lipinski definition) is 0. The Morgan fingerprint density at radius 1 is 0.750 bits per heavy atom. The Morgan fingerprint density at radius 3 is 0.750 bits per heavy atom. The molecule has 0 heterocycles. The minimum absolute atomic E-state index is 0. The van der Waals surface area contributed by atoms with E-state index in [0.717, 1.165) is 0 Å². The van der Waals surface area contributed by atoms with Gasteiger partial charge < -0.3 is 9.41 Å². The third-order valence-corrected chi connectivity index (χ3v) is 0. The van der Waals surface area contributed by atoms with E-state index in [2.05, 4.69) is 0 Å². The van der Waals surface area contributed by atoms with Crippen molar-refractivity contribution in [3.8, 4) is 0 Å². The van der Waals surface area contributed by atoms with Gasteiger partial charge in [-0.2, -0.15) is 0 Å². The van der Waals surface area contributed by atoms with Crippen LogP contribution in [0.25, 0.3) is 0 Å². The van der Waals surface area contributed by atoms with Gasteiger partial charge in [-0.3, -0.25) is 0 Å². The van der Waals surface area contributed by atoms with Crippen LogP contribution in [0.2, 0.25) is 0 Å². The molecule has 0 aromatic carbocycles. The molecule has 0 saturated heterocycles. The van der Waals surface area contributed by atoms with Gasteiger partial charge in [0.25, 0.3) is 0 Å². The predicted octanol–water partition coefficient (Wildman–Crippen LogP) is -6.64. The molecule has 0 amide bonds. The van der Waals surface area contributed by atoms with E-state index in [1.54, 1.807) is 0 Å². The molecular formula is HCdF2Li. The Kier molecular flexibility index (Phi) is 356. The molecule has 0 nitrogen and oxygen atoms in total. The Hall–Kier alpha value is 1.38. The van der Waals surface area contributed by atoms with E-state index in [4.69, 9.17) is 0 Å². The van der Waals surface area contributed by atoms with Gasteiger partial charge in [0.1, 0.15) is 0 Å². The summed E-state index contributed by atoms with van der Waals surface area (Å²) in [6.07, 6.45) is 0. The first-order chi connectivity index (χ1) is 0. The second-order valence-corrected chi connectivity index (χ2v) is 0. The summed E-state index contributed by atoms with van der Waals surface area (Å²) in [5, 5.41) is 0. The van der Waals surface area contributed by atoms with Crippen molar-refractivity contribution in [2.45, 2.75) is 0 Å². The van der Waals surface area contributed by atoms with Crippen molar-refractivity contribution in [3.63, 3.8) is 0 Å². The normalized spacial score (nSPS) is 0. The van der Waals surface area contributed by atoms with Crippen LogP contribution in [0.3, 0.4) is 0 Å². The molecule has 0 saturated carbocycles. The Bertz CT molecular complexity index is 6.00. The van der Waals surface area contributed by atoms with Gasteiger partial charge in [0.05, 0.1) is 0 Å². The molecule has 0 aliphatic rings. The molecule has 0 spiro atoms. The van der Waals surface area contributed by atoms with Crippen molar-refractivity contribution in [3.05, 3.63) is 0 Å². The molecule has 0 atom stereocenters. The Labute approximate surface area is 55.4 Å². The summed E-state index contributed by atoms with van der Waals surface area (Å²) in [6, 6.07) is 0. The molecule has 0 bridgehead atoms. The summed E-state index contributed by atoms with van der Waals surface area (Å²) in [6.45, 7) is 0. The molecule has 0 aliphatic carbocycles. The van der Waals surface area contributed by atoms with Crippen LogP contribution in [0.5, 0.6) is 0 Å². The topological polar surface area (TPSA) is 0 Å². The van der Waals surface area contributed by atoms with Gasteiger partial charge >= 0.3 is 46.2 Å². The molecule has 0 radical (unpaired) electrons. The van der Waals surface area contributed by atoms with Crippen molar-refractivity contribution < 1.29 is 36.7 Å². The quantitative estimate of drug-likeness (QED) is 0.308. The van der Waals surface area contributed by atoms with E-state index in [1.807, 2.05) is 0 Å². The Balaban J connectivity index is 0. The first kappa shape index (κ1) is 54.2. The molecule has 18 valence electrons. The first-order valence-electron chi connectivity index (χ1n) is 0. The Morgan fingerprint density at radius 2 is 0.750 bits per heavy atom. The third kappa shape index (κ3) is 10.1. The van der Waals surface area contributed by atoms with Crippen LogP contribution in [-0.2, 0) is 27.3 Å². The fraction of sp³-hybridized carbons (Fsp3) is 0. The van der Waals surface area contributed by atoms with Gasteiger partial charge in [0.2, 0.25) is 0 Å². The van der Waals surface area contributed by atoms with Gasteiger partial charge in [0.15, 0.2) is 0 Å². The molecule has 0 fully saturated rings. The predicted molar refractivity (Wildman–Crippen MR) is 7.15 cm³/mol. The molecule has 4 heavy (non-hydrogen) atoms. The molecular weight excluding hydrogens is 157 g/mol. The summed E-state index contributed by atoms with van der Waals surface area (Å²) in [4.78, 5) is 0. The standard InChI is InChI=1S/Cd.2FH.Li.H/h;2*1H;;/q+2;;;;/p-2. The second-order valence-electron chi connectivity index (χ2n) is 0. The fourth-order valence-electron chi connectivity index (χ4n) is 0. The molecule has 0 aromatic rings. The third-order valence-electron chi connectivity index (χ3n) is 0. The van der Waals surface area contributed by atoms with Crippen LogP contribution in [0.4, 0.5) is 0 Å². The average Bonchev–Trinajstić information content (AvgIpc) is 0. The zero-order valence-electron chi connectivity index (χ0n) is 1.46. The molecule has 0 unspecified atom stereocenters. The van der Waals surface area contributed by atoms with Crippen LogP contribution in [0.15, 0.2) is 0 Å².